The number of aryl methyl sites for hydroxylation is 3. The van der Waals surface area contributed by atoms with Crippen LogP contribution in [0.25, 0.3) is 0 Å². The van der Waals surface area contributed by atoms with Gasteiger partial charge in [0.1, 0.15) is 6.54 Å². The largest absolute Gasteiger partial charge is 0.465 e. The number of nitrogens with one attached hydrogen (secondary N) is 1. The van der Waals surface area contributed by atoms with E-state index in [2.05, 4.69) is 5.32 Å². The Kier molecular flexibility index (Phi) is 4.89. The molecule has 1 N–H and O–H groups in total. The van der Waals surface area contributed by atoms with E-state index in [-0.39, 0.29) is 12.5 Å². The topological polar surface area (TPSA) is 55.4 Å². The van der Waals surface area contributed by atoms with Gasteiger partial charge in [-0.05, 0) is 38.8 Å². The Morgan fingerprint density at radius 3 is 2.22 bits per heavy atom. The fourth-order valence-corrected chi connectivity index (χ4v) is 1.99. The normalized spacial score (nSPS) is 10.0. The molecule has 0 heterocycles. The van der Waals surface area contributed by atoms with Crippen molar-refractivity contribution in [2.75, 3.05) is 13.2 Å². The molecule has 0 unspecified atom stereocenters. The number of amides is 1. The van der Waals surface area contributed by atoms with E-state index in [1.165, 1.54) is 0 Å². The summed E-state index contributed by atoms with van der Waals surface area (Å²) in [7, 11) is 0. The van der Waals surface area contributed by atoms with Crippen molar-refractivity contribution < 1.29 is 14.3 Å². The molecule has 1 amide bonds. The summed E-state index contributed by atoms with van der Waals surface area (Å²) in [6.07, 6.45) is 0. The van der Waals surface area contributed by atoms with Crippen LogP contribution in [0.3, 0.4) is 0 Å². The van der Waals surface area contributed by atoms with Crippen molar-refractivity contribution in [3.63, 3.8) is 0 Å². The molecule has 0 spiro atoms. The van der Waals surface area contributed by atoms with Gasteiger partial charge in [0.25, 0.3) is 5.91 Å². The molecule has 4 nitrogen and oxygen atoms in total. The van der Waals surface area contributed by atoms with E-state index in [0.29, 0.717) is 12.2 Å². The van der Waals surface area contributed by atoms with Gasteiger partial charge >= 0.3 is 5.97 Å². The second kappa shape index (κ2) is 6.19. The van der Waals surface area contributed by atoms with E-state index >= 15 is 0 Å². The maximum absolute atomic E-state index is 12.0. The van der Waals surface area contributed by atoms with E-state index in [1.54, 1.807) is 6.92 Å². The van der Waals surface area contributed by atoms with E-state index in [4.69, 9.17) is 4.74 Å². The van der Waals surface area contributed by atoms with Gasteiger partial charge in [-0.1, -0.05) is 17.7 Å². The molecule has 0 saturated heterocycles. The lowest BCUT2D eigenvalue weighted by Crippen LogP contribution is -2.31. The predicted octanol–water partition coefficient (Wildman–Crippen LogP) is 1.90. The highest BCUT2D eigenvalue weighted by atomic mass is 16.5. The molecule has 18 heavy (non-hydrogen) atoms. The summed E-state index contributed by atoms with van der Waals surface area (Å²) in [5.41, 5.74) is 3.57. The highest BCUT2D eigenvalue weighted by molar-refractivity contribution is 5.98. The zero-order valence-electron chi connectivity index (χ0n) is 11.3. The first-order chi connectivity index (χ1) is 8.45. The van der Waals surface area contributed by atoms with Crippen LogP contribution in [0, 0.1) is 20.8 Å². The molecule has 98 valence electrons. The van der Waals surface area contributed by atoms with Crippen molar-refractivity contribution in [3.05, 3.63) is 34.4 Å². The Bertz CT molecular complexity index is 443. The monoisotopic (exact) mass is 249 g/mol. The smallest absolute Gasteiger partial charge is 0.325 e. The summed E-state index contributed by atoms with van der Waals surface area (Å²) in [5.74, 6) is -0.661. The quantitative estimate of drug-likeness (QED) is 0.829. The lowest BCUT2D eigenvalue weighted by atomic mass is 9.99. The zero-order chi connectivity index (χ0) is 13.7. The Labute approximate surface area is 107 Å². The lowest BCUT2D eigenvalue weighted by Gasteiger charge is -2.11. The third kappa shape index (κ3) is 3.58. The summed E-state index contributed by atoms with van der Waals surface area (Å²) in [6, 6.07) is 3.90. The van der Waals surface area contributed by atoms with Crippen LogP contribution in [0.2, 0.25) is 0 Å². The minimum Gasteiger partial charge on any atom is -0.465 e. The number of rotatable bonds is 4. The molecular weight excluding hydrogens is 230 g/mol. The minimum atomic E-state index is -0.423. The summed E-state index contributed by atoms with van der Waals surface area (Å²) in [5, 5.41) is 2.57. The second-order valence-electron chi connectivity index (χ2n) is 4.26. The molecule has 0 bridgehead atoms. The number of carbonyl (C=O) groups is 2. The Hall–Kier alpha value is -1.84. The van der Waals surface area contributed by atoms with Crippen LogP contribution in [-0.2, 0) is 9.53 Å². The zero-order valence-corrected chi connectivity index (χ0v) is 11.3. The van der Waals surface area contributed by atoms with Crippen LogP contribution in [0.5, 0.6) is 0 Å². The molecule has 0 aliphatic carbocycles. The predicted molar refractivity (Wildman–Crippen MR) is 69.6 cm³/mol. The highest BCUT2D eigenvalue weighted by Gasteiger charge is 2.13. The van der Waals surface area contributed by atoms with Gasteiger partial charge in [-0.2, -0.15) is 0 Å². The molecule has 1 aromatic carbocycles. The maximum Gasteiger partial charge on any atom is 0.325 e. The second-order valence-corrected chi connectivity index (χ2v) is 4.26. The summed E-state index contributed by atoms with van der Waals surface area (Å²) in [6.45, 7) is 7.71. The first-order valence-corrected chi connectivity index (χ1v) is 5.97. The molecule has 1 aromatic rings. The molecule has 0 fully saturated rings. The van der Waals surface area contributed by atoms with Gasteiger partial charge in [0.05, 0.1) is 6.61 Å². The molecule has 0 aliphatic heterocycles. The van der Waals surface area contributed by atoms with Crippen LogP contribution in [-0.4, -0.2) is 25.0 Å². The van der Waals surface area contributed by atoms with Crippen molar-refractivity contribution >= 4 is 11.9 Å². The van der Waals surface area contributed by atoms with Crippen molar-refractivity contribution in [1.82, 2.24) is 5.32 Å². The number of carbonyl (C=O) groups excluding carboxylic acids is 2. The van der Waals surface area contributed by atoms with Crippen LogP contribution < -0.4 is 5.32 Å². The van der Waals surface area contributed by atoms with Crippen molar-refractivity contribution in [2.45, 2.75) is 27.7 Å². The molecule has 0 aromatic heterocycles. The third-order valence-electron chi connectivity index (χ3n) is 2.60. The van der Waals surface area contributed by atoms with Gasteiger partial charge < -0.3 is 10.1 Å². The van der Waals surface area contributed by atoms with Crippen LogP contribution in [0.15, 0.2) is 12.1 Å². The average molecular weight is 249 g/mol. The van der Waals surface area contributed by atoms with E-state index < -0.39 is 5.97 Å². The van der Waals surface area contributed by atoms with Gasteiger partial charge in [0.2, 0.25) is 0 Å². The molecular formula is C14H19NO3. The molecule has 0 saturated carbocycles. The summed E-state index contributed by atoms with van der Waals surface area (Å²) in [4.78, 5) is 23.2. The molecule has 0 atom stereocenters. The number of hydrogen-bond donors (Lipinski definition) is 1. The van der Waals surface area contributed by atoms with Crippen molar-refractivity contribution in [2.24, 2.45) is 0 Å². The number of esters is 1. The SMILES string of the molecule is CCOC(=O)CNC(=O)c1c(C)cc(C)cc1C. The van der Waals surface area contributed by atoms with Gasteiger partial charge in [-0.25, -0.2) is 0 Å². The van der Waals surface area contributed by atoms with E-state index in [0.717, 1.165) is 16.7 Å². The number of benzene rings is 1. The van der Waals surface area contributed by atoms with Crippen molar-refractivity contribution in [3.8, 4) is 0 Å². The minimum absolute atomic E-state index is 0.0978. The Balaban J connectivity index is 2.76. The number of hydrogen-bond acceptors (Lipinski definition) is 3. The van der Waals surface area contributed by atoms with Crippen LogP contribution in [0.1, 0.15) is 34.0 Å². The summed E-state index contributed by atoms with van der Waals surface area (Å²) >= 11 is 0. The van der Waals surface area contributed by atoms with Crippen LogP contribution >= 0.6 is 0 Å². The Morgan fingerprint density at radius 1 is 1.17 bits per heavy atom. The molecule has 1 rings (SSSR count). The van der Waals surface area contributed by atoms with Gasteiger partial charge in [-0.3, -0.25) is 9.59 Å². The third-order valence-corrected chi connectivity index (χ3v) is 2.60. The fraction of sp³-hybridized carbons (Fsp3) is 0.429. The molecule has 4 heteroatoms. The molecule has 0 radical (unpaired) electrons. The van der Waals surface area contributed by atoms with E-state index in [9.17, 15) is 9.59 Å². The van der Waals surface area contributed by atoms with Gasteiger partial charge in [0, 0.05) is 5.56 Å². The van der Waals surface area contributed by atoms with Crippen molar-refractivity contribution in [1.29, 1.82) is 0 Å². The van der Waals surface area contributed by atoms with Gasteiger partial charge in [0.15, 0.2) is 0 Å². The van der Waals surface area contributed by atoms with Crippen LogP contribution in [0.4, 0.5) is 0 Å². The maximum atomic E-state index is 12.0. The average Bonchev–Trinajstić information content (AvgIpc) is 2.25. The number of ether oxygens (including phenoxy) is 1. The standard InChI is InChI=1S/C14H19NO3/c1-5-18-12(16)8-15-14(17)13-10(3)6-9(2)7-11(13)4/h6-7H,5,8H2,1-4H3,(H,15,17). The highest BCUT2D eigenvalue weighted by Crippen LogP contribution is 2.15. The Morgan fingerprint density at radius 2 is 1.72 bits per heavy atom. The first-order valence-electron chi connectivity index (χ1n) is 5.97. The summed E-state index contributed by atoms with van der Waals surface area (Å²) < 4.78 is 4.75. The van der Waals surface area contributed by atoms with Gasteiger partial charge in [-0.15, -0.1) is 0 Å². The van der Waals surface area contributed by atoms with E-state index in [1.807, 2.05) is 32.9 Å². The molecule has 0 aliphatic rings. The first kappa shape index (κ1) is 14.2. The lowest BCUT2D eigenvalue weighted by molar-refractivity contribution is -0.141. The fourth-order valence-electron chi connectivity index (χ4n) is 1.99.